The lowest BCUT2D eigenvalue weighted by molar-refractivity contribution is -0.121. The highest BCUT2D eigenvalue weighted by Gasteiger charge is 2.15. The first-order valence-corrected chi connectivity index (χ1v) is 7.87. The molecule has 2 aromatic rings. The Morgan fingerprint density at radius 2 is 1.95 bits per heavy atom. The van der Waals surface area contributed by atoms with E-state index in [0.29, 0.717) is 18.9 Å². The molecule has 0 radical (unpaired) electrons. The van der Waals surface area contributed by atoms with Crippen molar-refractivity contribution >= 4 is 16.9 Å². The van der Waals surface area contributed by atoms with E-state index in [1.54, 1.807) is 6.26 Å². The van der Waals surface area contributed by atoms with Crippen molar-refractivity contribution in [2.24, 2.45) is 11.7 Å². The zero-order chi connectivity index (χ0) is 16.3. The lowest BCUT2D eigenvalue weighted by atomic mass is 10.0. The molecule has 1 amide bonds. The molecule has 0 fully saturated rings. The van der Waals surface area contributed by atoms with Crippen LogP contribution in [0.5, 0.6) is 0 Å². The van der Waals surface area contributed by atoms with Gasteiger partial charge in [0.2, 0.25) is 5.91 Å². The summed E-state index contributed by atoms with van der Waals surface area (Å²) in [5.74, 6) is 0.506. The van der Waals surface area contributed by atoms with Crippen LogP contribution in [-0.2, 0) is 11.2 Å². The minimum Gasteiger partial charge on any atom is -0.464 e. The Morgan fingerprint density at radius 3 is 2.59 bits per heavy atom. The SMILES string of the molecule is Cc1cc2occ(CC(=O)NC(CN)CC(C)C)c2cc1C. The van der Waals surface area contributed by atoms with Gasteiger partial charge >= 0.3 is 0 Å². The molecule has 0 saturated carbocycles. The number of aryl methyl sites for hydroxylation is 2. The van der Waals surface area contributed by atoms with E-state index in [4.69, 9.17) is 10.2 Å². The summed E-state index contributed by atoms with van der Waals surface area (Å²) in [6.45, 7) is 8.85. The lowest BCUT2D eigenvalue weighted by Crippen LogP contribution is -2.41. The number of carbonyl (C=O) groups is 1. The van der Waals surface area contributed by atoms with Crippen LogP contribution in [0.3, 0.4) is 0 Å². The summed E-state index contributed by atoms with van der Waals surface area (Å²) in [6.07, 6.45) is 2.90. The second-order valence-electron chi connectivity index (χ2n) is 6.50. The predicted molar refractivity (Wildman–Crippen MR) is 89.8 cm³/mol. The van der Waals surface area contributed by atoms with Gasteiger partial charge in [0.25, 0.3) is 0 Å². The second-order valence-corrected chi connectivity index (χ2v) is 6.50. The highest BCUT2D eigenvalue weighted by Crippen LogP contribution is 2.25. The maximum Gasteiger partial charge on any atom is 0.224 e. The predicted octanol–water partition coefficient (Wildman–Crippen LogP) is 3.08. The van der Waals surface area contributed by atoms with E-state index in [1.807, 2.05) is 6.07 Å². The van der Waals surface area contributed by atoms with E-state index in [9.17, 15) is 4.79 Å². The van der Waals surface area contributed by atoms with Crippen LogP contribution >= 0.6 is 0 Å². The molecule has 0 bridgehead atoms. The normalized spacial score (nSPS) is 12.8. The Hall–Kier alpha value is -1.81. The summed E-state index contributed by atoms with van der Waals surface area (Å²) in [5, 5.41) is 4.04. The third-order valence-corrected chi connectivity index (χ3v) is 4.03. The third kappa shape index (κ3) is 3.89. The van der Waals surface area contributed by atoms with Crippen molar-refractivity contribution in [2.75, 3.05) is 6.54 Å². The monoisotopic (exact) mass is 302 g/mol. The molecule has 22 heavy (non-hydrogen) atoms. The molecule has 0 saturated heterocycles. The van der Waals surface area contributed by atoms with Gasteiger partial charge in [0.15, 0.2) is 0 Å². The van der Waals surface area contributed by atoms with Crippen LogP contribution in [0.25, 0.3) is 11.0 Å². The average Bonchev–Trinajstić information content (AvgIpc) is 2.80. The minimum absolute atomic E-state index is 0.00275. The molecule has 3 N–H and O–H groups in total. The van der Waals surface area contributed by atoms with Crippen LogP contribution in [0, 0.1) is 19.8 Å². The Morgan fingerprint density at radius 1 is 1.27 bits per heavy atom. The lowest BCUT2D eigenvalue weighted by Gasteiger charge is -2.18. The topological polar surface area (TPSA) is 68.3 Å². The summed E-state index contributed by atoms with van der Waals surface area (Å²) < 4.78 is 5.58. The van der Waals surface area contributed by atoms with Gasteiger partial charge < -0.3 is 15.5 Å². The van der Waals surface area contributed by atoms with Crippen molar-refractivity contribution in [3.05, 3.63) is 35.1 Å². The quantitative estimate of drug-likeness (QED) is 0.861. The summed E-state index contributed by atoms with van der Waals surface area (Å²) in [5.41, 5.74) is 9.90. The molecule has 120 valence electrons. The largest absolute Gasteiger partial charge is 0.464 e. The van der Waals surface area contributed by atoms with E-state index in [0.717, 1.165) is 23.0 Å². The molecule has 4 heteroatoms. The van der Waals surface area contributed by atoms with Gasteiger partial charge in [-0.1, -0.05) is 13.8 Å². The molecule has 2 rings (SSSR count). The van der Waals surface area contributed by atoms with E-state index in [2.05, 4.69) is 39.1 Å². The zero-order valence-electron chi connectivity index (χ0n) is 13.9. The summed E-state index contributed by atoms with van der Waals surface area (Å²) in [6, 6.07) is 4.15. The van der Waals surface area contributed by atoms with Crippen LogP contribution < -0.4 is 11.1 Å². The molecule has 4 nitrogen and oxygen atoms in total. The highest BCUT2D eigenvalue weighted by molar-refractivity contribution is 5.88. The first-order chi connectivity index (χ1) is 10.4. The van der Waals surface area contributed by atoms with E-state index in [-0.39, 0.29) is 11.9 Å². The van der Waals surface area contributed by atoms with Gasteiger partial charge in [-0.2, -0.15) is 0 Å². The van der Waals surface area contributed by atoms with Gasteiger partial charge in [0.05, 0.1) is 12.7 Å². The fourth-order valence-corrected chi connectivity index (χ4v) is 2.71. The maximum absolute atomic E-state index is 12.2. The molecule has 0 aliphatic rings. The van der Waals surface area contributed by atoms with Gasteiger partial charge in [0.1, 0.15) is 5.58 Å². The molecular formula is C18H26N2O2. The summed E-state index contributed by atoms with van der Waals surface area (Å²) in [7, 11) is 0. The molecule has 1 atom stereocenters. The molecule has 1 unspecified atom stereocenters. The van der Waals surface area contributed by atoms with Gasteiger partial charge in [-0.3, -0.25) is 4.79 Å². The average molecular weight is 302 g/mol. The van der Waals surface area contributed by atoms with Crippen LogP contribution in [0.15, 0.2) is 22.8 Å². The molecule has 1 heterocycles. The van der Waals surface area contributed by atoms with Crippen molar-refractivity contribution in [2.45, 2.75) is 46.6 Å². The van der Waals surface area contributed by atoms with Crippen molar-refractivity contribution < 1.29 is 9.21 Å². The van der Waals surface area contributed by atoms with Crippen LogP contribution in [-0.4, -0.2) is 18.5 Å². The van der Waals surface area contributed by atoms with Gasteiger partial charge in [-0.15, -0.1) is 0 Å². The van der Waals surface area contributed by atoms with Crippen molar-refractivity contribution in [3.63, 3.8) is 0 Å². The third-order valence-electron chi connectivity index (χ3n) is 4.03. The Labute approximate surface area is 132 Å². The standard InChI is InChI=1S/C18H26N2O2/c1-11(2)5-15(9-19)20-18(21)8-14-10-22-17-7-13(4)12(3)6-16(14)17/h6-7,10-11,15H,5,8-9,19H2,1-4H3,(H,20,21). The van der Waals surface area contributed by atoms with Gasteiger partial charge in [-0.25, -0.2) is 0 Å². The second kappa shape index (κ2) is 6.97. The Bertz CT molecular complexity index is 658. The summed E-state index contributed by atoms with van der Waals surface area (Å²) in [4.78, 5) is 12.2. The Kier molecular flexibility index (Phi) is 5.24. The van der Waals surface area contributed by atoms with Crippen molar-refractivity contribution in [1.29, 1.82) is 0 Å². The number of benzene rings is 1. The van der Waals surface area contributed by atoms with E-state index >= 15 is 0 Å². The number of amides is 1. The Balaban J connectivity index is 2.10. The molecule has 0 aliphatic heterocycles. The fourth-order valence-electron chi connectivity index (χ4n) is 2.71. The fraction of sp³-hybridized carbons (Fsp3) is 0.500. The first-order valence-electron chi connectivity index (χ1n) is 7.87. The number of fused-ring (bicyclic) bond motifs is 1. The molecule has 1 aromatic carbocycles. The maximum atomic E-state index is 12.2. The van der Waals surface area contributed by atoms with Crippen LogP contribution in [0.1, 0.15) is 37.0 Å². The van der Waals surface area contributed by atoms with E-state index in [1.165, 1.54) is 11.1 Å². The van der Waals surface area contributed by atoms with Crippen molar-refractivity contribution in [3.8, 4) is 0 Å². The zero-order valence-corrected chi connectivity index (χ0v) is 13.9. The molecule has 0 aliphatic carbocycles. The molecule has 0 spiro atoms. The van der Waals surface area contributed by atoms with Gasteiger partial charge in [0, 0.05) is 23.5 Å². The number of carbonyl (C=O) groups excluding carboxylic acids is 1. The van der Waals surface area contributed by atoms with Crippen molar-refractivity contribution in [1.82, 2.24) is 5.32 Å². The minimum atomic E-state index is -0.00275. The summed E-state index contributed by atoms with van der Waals surface area (Å²) >= 11 is 0. The number of nitrogens with two attached hydrogens (primary N) is 1. The number of hydrogen-bond acceptors (Lipinski definition) is 3. The van der Waals surface area contributed by atoms with E-state index < -0.39 is 0 Å². The number of furan rings is 1. The van der Waals surface area contributed by atoms with Gasteiger partial charge in [-0.05, 0) is 49.4 Å². The molecule has 1 aromatic heterocycles. The number of nitrogens with one attached hydrogen (secondary N) is 1. The molecular weight excluding hydrogens is 276 g/mol. The first kappa shape index (κ1) is 16.6. The highest BCUT2D eigenvalue weighted by atomic mass is 16.3. The number of rotatable bonds is 6. The van der Waals surface area contributed by atoms with Crippen LogP contribution in [0.4, 0.5) is 0 Å². The number of hydrogen-bond donors (Lipinski definition) is 2. The van der Waals surface area contributed by atoms with Crippen LogP contribution in [0.2, 0.25) is 0 Å². The smallest absolute Gasteiger partial charge is 0.224 e.